The van der Waals surface area contributed by atoms with E-state index in [0.29, 0.717) is 11.5 Å². The van der Waals surface area contributed by atoms with E-state index in [2.05, 4.69) is 20.8 Å². The van der Waals surface area contributed by atoms with Crippen molar-refractivity contribution in [3.8, 4) is 0 Å². The maximum absolute atomic E-state index is 5.96. The second-order valence-electron chi connectivity index (χ2n) is 4.63. The van der Waals surface area contributed by atoms with Crippen LogP contribution in [0, 0.1) is 11.3 Å². The van der Waals surface area contributed by atoms with Crippen molar-refractivity contribution in [3.63, 3.8) is 0 Å². The van der Waals surface area contributed by atoms with Crippen LogP contribution in [0.4, 0.5) is 0 Å². The van der Waals surface area contributed by atoms with Gasteiger partial charge < -0.3 is 5.73 Å². The predicted molar refractivity (Wildman–Crippen MR) is 47.2 cm³/mol. The molecule has 1 heteroatoms. The van der Waals surface area contributed by atoms with E-state index in [1.54, 1.807) is 5.57 Å². The molecular formula is C10H17N. The highest BCUT2D eigenvalue weighted by Crippen LogP contribution is 2.57. The molecule has 2 bridgehead atoms. The van der Waals surface area contributed by atoms with Gasteiger partial charge in [0.15, 0.2) is 0 Å². The van der Waals surface area contributed by atoms with Crippen LogP contribution in [0.25, 0.3) is 0 Å². The van der Waals surface area contributed by atoms with E-state index in [0.717, 1.165) is 5.92 Å². The van der Waals surface area contributed by atoms with Gasteiger partial charge in [-0.3, -0.25) is 0 Å². The molecule has 3 rings (SSSR count). The average Bonchev–Trinajstić information content (AvgIpc) is 1.93. The normalized spacial score (nSPS) is 40.4. The average molecular weight is 151 g/mol. The number of fused-ring (bicyclic) bond motifs is 2. The first-order valence-electron chi connectivity index (χ1n) is 4.49. The van der Waals surface area contributed by atoms with Gasteiger partial charge >= 0.3 is 0 Å². The lowest BCUT2D eigenvalue weighted by atomic mass is 9.51. The Bertz CT molecular complexity index is 225. The molecule has 0 heterocycles. The van der Waals surface area contributed by atoms with Gasteiger partial charge in [-0.05, 0) is 31.1 Å². The number of allylic oxidation sites excluding steroid dienone is 1. The van der Waals surface area contributed by atoms with Gasteiger partial charge in [0.25, 0.3) is 0 Å². The van der Waals surface area contributed by atoms with Crippen LogP contribution in [0.15, 0.2) is 11.1 Å². The van der Waals surface area contributed by atoms with Gasteiger partial charge in [-0.1, -0.05) is 25.0 Å². The van der Waals surface area contributed by atoms with E-state index in [9.17, 15) is 0 Å². The van der Waals surface area contributed by atoms with Gasteiger partial charge in [0, 0.05) is 6.04 Å². The Morgan fingerprint density at radius 3 is 2.45 bits per heavy atom. The SMILES string of the molecule is CC1=C2CC(CC1N)C2(C)C. The zero-order valence-corrected chi connectivity index (χ0v) is 7.65. The molecule has 0 amide bonds. The summed E-state index contributed by atoms with van der Waals surface area (Å²) in [4.78, 5) is 0. The summed E-state index contributed by atoms with van der Waals surface area (Å²) in [6.07, 6.45) is 2.54. The minimum atomic E-state index is 0.372. The van der Waals surface area contributed by atoms with Gasteiger partial charge in [-0.15, -0.1) is 0 Å². The van der Waals surface area contributed by atoms with Gasteiger partial charge in [-0.25, -0.2) is 0 Å². The highest BCUT2D eigenvalue weighted by atomic mass is 14.7. The largest absolute Gasteiger partial charge is 0.324 e. The third kappa shape index (κ3) is 0.750. The summed E-state index contributed by atoms with van der Waals surface area (Å²) in [5.74, 6) is 0.871. The Kier molecular flexibility index (Phi) is 1.26. The van der Waals surface area contributed by atoms with Gasteiger partial charge in [0.1, 0.15) is 0 Å². The maximum Gasteiger partial charge on any atom is 0.0256 e. The van der Waals surface area contributed by atoms with E-state index < -0.39 is 0 Å². The molecule has 0 aromatic rings. The summed E-state index contributed by atoms with van der Waals surface area (Å²) in [7, 11) is 0. The third-order valence-corrected chi connectivity index (χ3v) is 3.82. The topological polar surface area (TPSA) is 26.0 Å². The molecule has 2 N–H and O–H groups in total. The van der Waals surface area contributed by atoms with Crippen LogP contribution in [0.5, 0.6) is 0 Å². The van der Waals surface area contributed by atoms with Crippen molar-refractivity contribution < 1.29 is 0 Å². The third-order valence-electron chi connectivity index (χ3n) is 3.82. The molecule has 0 saturated heterocycles. The first-order chi connectivity index (χ1) is 5.03. The van der Waals surface area contributed by atoms with E-state index in [-0.39, 0.29) is 0 Å². The Morgan fingerprint density at radius 1 is 1.45 bits per heavy atom. The summed E-state index contributed by atoms with van der Waals surface area (Å²) < 4.78 is 0. The van der Waals surface area contributed by atoms with E-state index in [4.69, 9.17) is 5.73 Å². The first-order valence-corrected chi connectivity index (χ1v) is 4.49. The lowest BCUT2D eigenvalue weighted by molar-refractivity contribution is 0.125. The number of nitrogens with two attached hydrogens (primary N) is 1. The minimum absolute atomic E-state index is 0.372. The zero-order valence-electron chi connectivity index (χ0n) is 7.65. The molecule has 1 nitrogen and oxygen atoms in total. The van der Waals surface area contributed by atoms with E-state index in [1.165, 1.54) is 18.4 Å². The quantitative estimate of drug-likeness (QED) is 0.527. The zero-order chi connectivity index (χ0) is 8.22. The Morgan fingerprint density at radius 2 is 2.09 bits per heavy atom. The van der Waals surface area contributed by atoms with E-state index >= 15 is 0 Å². The second kappa shape index (κ2) is 1.89. The molecular weight excluding hydrogens is 134 g/mol. The molecule has 2 atom stereocenters. The van der Waals surface area contributed by atoms with Crippen LogP contribution in [0.2, 0.25) is 0 Å². The molecule has 3 aliphatic rings. The molecule has 1 fully saturated rings. The standard InChI is InChI=1S/C10H17N/c1-6-8-4-7(5-9(6)11)10(8,2)3/h7,9H,4-5,11H2,1-3H3. The summed E-state index contributed by atoms with van der Waals surface area (Å²) in [5, 5.41) is 0. The minimum Gasteiger partial charge on any atom is -0.324 e. The lowest BCUT2D eigenvalue weighted by Gasteiger charge is -2.54. The summed E-state index contributed by atoms with van der Waals surface area (Å²) in [5.41, 5.74) is 9.56. The second-order valence-corrected chi connectivity index (χ2v) is 4.63. The molecule has 0 aromatic carbocycles. The molecule has 2 unspecified atom stereocenters. The molecule has 62 valence electrons. The smallest absolute Gasteiger partial charge is 0.0256 e. The molecule has 0 spiro atoms. The van der Waals surface area contributed by atoms with Crippen LogP contribution in [-0.4, -0.2) is 6.04 Å². The Labute approximate surface area is 68.7 Å². The molecule has 3 aliphatic carbocycles. The van der Waals surface area contributed by atoms with Gasteiger partial charge in [0.2, 0.25) is 0 Å². The van der Waals surface area contributed by atoms with Crippen molar-refractivity contribution in [2.24, 2.45) is 17.1 Å². The molecule has 0 aromatic heterocycles. The molecule has 11 heavy (non-hydrogen) atoms. The fraction of sp³-hybridized carbons (Fsp3) is 0.800. The van der Waals surface area contributed by atoms with Crippen molar-refractivity contribution in [2.45, 2.75) is 39.7 Å². The van der Waals surface area contributed by atoms with Crippen LogP contribution in [0.3, 0.4) is 0 Å². The first kappa shape index (κ1) is 7.35. The van der Waals surface area contributed by atoms with Crippen LogP contribution in [-0.2, 0) is 0 Å². The van der Waals surface area contributed by atoms with Crippen molar-refractivity contribution in [2.75, 3.05) is 0 Å². The highest BCUT2D eigenvalue weighted by Gasteiger charge is 2.48. The van der Waals surface area contributed by atoms with Crippen molar-refractivity contribution in [1.82, 2.24) is 0 Å². The molecule has 0 radical (unpaired) electrons. The number of hydrogen-bond donors (Lipinski definition) is 1. The number of rotatable bonds is 0. The monoisotopic (exact) mass is 151 g/mol. The summed E-state index contributed by atoms with van der Waals surface area (Å²) >= 11 is 0. The van der Waals surface area contributed by atoms with Crippen molar-refractivity contribution >= 4 is 0 Å². The summed E-state index contributed by atoms with van der Waals surface area (Å²) in [6, 6.07) is 0.372. The van der Waals surface area contributed by atoms with Crippen LogP contribution in [0.1, 0.15) is 33.6 Å². The van der Waals surface area contributed by atoms with Crippen LogP contribution < -0.4 is 5.73 Å². The van der Waals surface area contributed by atoms with E-state index in [1.807, 2.05) is 0 Å². The predicted octanol–water partition coefficient (Wildman–Crippen LogP) is 2.08. The fourth-order valence-corrected chi connectivity index (χ4v) is 2.63. The van der Waals surface area contributed by atoms with Gasteiger partial charge in [-0.2, -0.15) is 0 Å². The maximum atomic E-state index is 5.96. The summed E-state index contributed by atoms with van der Waals surface area (Å²) in [6.45, 7) is 6.91. The van der Waals surface area contributed by atoms with Gasteiger partial charge in [0.05, 0.1) is 0 Å². The van der Waals surface area contributed by atoms with Crippen LogP contribution >= 0.6 is 0 Å². The fourth-order valence-electron chi connectivity index (χ4n) is 2.63. The lowest BCUT2D eigenvalue weighted by Crippen LogP contribution is -2.48. The Balaban J connectivity index is 2.40. The highest BCUT2D eigenvalue weighted by molar-refractivity contribution is 5.36. The Hall–Kier alpha value is -0.300. The van der Waals surface area contributed by atoms with Crippen molar-refractivity contribution in [3.05, 3.63) is 11.1 Å². The number of hydrogen-bond acceptors (Lipinski definition) is 1. The van der Waals surface area contributed by atoms with Crippen molar-refractivity contribution in [1.29, 1.82) is 0 Å². The molecule has 1 saturated carbocycles. The molecule has 0 aliphatic heterocycles.